The van der Waals surface area contributed by atoms with E-state index in [9.17, 15) is 9.59 Å². The van der Waals surface area contributed by atoms with E-state index >= 15 is 0 Å². The van der Waals surface area contributed by atoms with Crippen LogP contribution in [0.15, 0.2) is 18.3 Å². The number of carbonyl (C=O) groups excluding carboxylic acids is 2. The Labute approximate surface area is 76.0 Å². The minimum absolute atomic E-state index is 0.221. The van der Waals surface area contributed by atoms with Gasteiger partial charge in [-0.05, 0) is 12.1 Å². The van der Waals surface area contributed by atoms with Gasteiger partial charge in [0.15, 0.2) is 5.78 Å². The van der Waals surface area contributed by atoms with E-state index in [-0.39, 0.29) is 11.7 Å². The number of rotatable bonds is 2. The number of ketones is 1. The van der Waals surface area contributed by atoms with E-state index in [1.165, 1.54) is 19.2 Å². The number of anilines is 1. The number of nitrogens with zero attached hydrogens (tertiary/aromatic N) is 1. The number of hydrogen-bond acceptors (Lipinski definition) is 3. The molecule has 0 aliphatic heterocycles. The molecular weight excluding hydrogens is 168 g/mol. The number of hydrogen-bond donors (Lipinski definition) is 1. The summed E-state index contributed by atoms with van der Waals surface area (Å²) in [4.78, 5) is 25.3. The standard InChI is InChI=1S/C9H9N2O2/c1-6(12)8-3-4-10-9(5-8)11-7(2)13/h3-5H,1H2,2H3,(H,10,11,13). The Morgan fingerprint density at radius 2 is 2.23 bits per heavy atom. The molecule has 0 aliphatic rings. The van der Waals surface area contributed by atoms with Crippen LogP contribution < -0.4 is 5.32 Å². The lowest BCUT2D eigenvalue weighted by atomic mass is 10.2. The number of amides is 1. The molecule has 0 saturated carbocycles. The third kappa shape index (κ3) is 2.66. The highest BCUT2D eigenvalue weighted by Gasteiger charge is 2.01. The van der Waals surface area contributed by atoms with E-state index < -0.39 is 0 Å². The molecule has 4 nitrogen and oxygen atoms in total. The van der Waals surface area contributed by atoms with Crippen LogP contribution in [0.2, 0.25) is 0 Å². The lowest BCUT2D eigenvalue weighted by molar-refractivity contribution is -0.114. The van der Waals surface area contributed by atoms with Gasteiger partial charge in [0.25, 0.3) is 0 Å². The summed E-state index contributed by atoms with van der Waals surface area (Å²) < 4.78 is 0. The Kier molecular flexibility index (Phi) is 2.74. The fourth-order valence-corrected chi connectivity index (χ4v) is 0.853. The molecule has 1 amide bonds. The summed E-state index contributed by atoms with van der Waals surface area (Å²) in [5.41, 5.74) is 0.429. The van der Waals surface area contributed by atoms with Crippen molar-refractivity contribution in [2.75, 3.05) is 5.32 Å². The van der Waals surface area contributed by atoms with E-state index in [1.54, 1.807) is 6.07 Å². The van der Waals surface area contributed by atoms with Crippen molar-refractivity contribution in [2.45, 2.75) is 6.92 Å². The molecule has 1 radical (unpaired) electrons. The van der Waals surface area contributed by atoms with E-state index in [2.05, 4.69) is 17.2 Å². The molecular formula is C9H9N2O2. The number of pyridine rings is 1. The summed E-state index contributed by atoms with van der Waals surface area (Å²) in [5.74, 6) is -0.155. The molecule has 0 aromatic carbocycles. The maximum atomic E-state index is 10.8. The fraction of sp³-hybridized carbons (Fsp3) is 0.111. The smallest absolute Gasteiger partial charge is 0.222 e. The normalized spacial score (nSPS) is 9.38. The molecule has 0 spiro atoms. The lowest BCUT2D eigenvalue weighted by Gasteiger charge is -2.01. The van der Waals surface area contributed by atoms with Gasteiger partial charge in [-0.1, -0.05) is 0 Å². The Balaban J connectivity index is 2.91. The average molecular weight is 177 g/mol. The number of aromatic nitrogens is 1. The van der Waals surface area contributed by atoms with Crippen molar-refractivity contribution in [3.8, 4) is 0 Å². The third-order valence-corrected chi connectivity index (χ3v) is 1.39. The zero-order valence-corrected chi connectivity index (χ0v) is 7.20. The Hall–Kier alpha value is -1.71. The van der Waals surface area contributed by atoms with Gasteiger partial charge in [0, 0.05) is 25.6 Å². The number of nitrogens with one attached hydrogen (secondary N) is 1. The first-order valence-electron chi connectivity index (χ1n) is 3.69. The first-order valence-corrected chi connectivity index (χ1v) is 3.69. The van der Waals surface area contributed by atoms with Crippen molar-refractivity contribution >= 4 is 17.5 Å². The SMILES string of the molecule is [CH2]C(=O)c1ccnc(NC(C)=O)c1. The molecule has 1 rings (SSSR count). The summed E-state index contributed by atoms with van der Waals surface area (Å²) in [6.45, 7) is 4.62. The molecule has 0 unspecified atom stereocenters. The molecule has 1 aromatic rings. The van der Waals surface area contributed by atoms with Gasteiger partial charge >= 0.3 is 0 Å². The fourth-order valence-electron chi connectivity index (χ4n) is 0.853. The molecule has 0 fully saturated rings. The number of carbonyl (C=O) groups is 2. The van der Waals surface area contributed by atoms with Crippen molar-refractivity contribution in [1.82, 2.24) is 4.98 Å². The Morgan fingerprint density at radius 1 is 1.54 bits per heavy atom. The molecule has 0 saturated heterocycles. The molecule has 67 valence electrons. The summed E-state index contributed by atoms with van der Waals surface area (Å²) >= 11 is 0. The average Bonchev–Trinajstić information content (AvgIpc) is 2.03. The van der Waals surface area contributed by atoms with Crippen molar-refractivity contribution in [1.29, 1.82) is 0 Å². The number of Topliss-reactive ketones (excluding diaryl/α,β-unsaturated/α-hetero) is 1. The van der Waals surface area contributed by atoms with Gasteiger partial charge in [-0.2, -0.15) is 0 Å². The Bertz CT molecular complexity index is 347. The first kappa shape index (κ1) is 9.38. The van der Waals surface area contributed by atoms with Crippen molar-refractivity contribution in [2.24, 2.45) is 0 Å². The van der Waals surface area contributed by atoms with Crippen LogP contribution in [0.5, 0.6) is 0 Å². The van der Waals surface area contributed by atoms with Crippen LogP contribution >= 0.6 is 0 Å². The zero-order valence-electron chi connectivity index (χ0n) is 7.20. The van der Waals surface area contributed by atoms with Crippen LogP contribution in [0.25, 0.3) is 0 Å². The topological polar surface area (TPSA) is 59.1 Å². The minimum atomic E-state index is -0.297. The maximum absolute atomic E-state index is 10.8. The quantitative estimate of drug-likeness (QED) is 0.687. The molecule has 0 bridgehead atoms. The van der Waals surface area contributed by atoms with E-state index in [1.807, 2.05) is 0 Å². The van der Waals surface area contributed by atoms with Crippen LogP contribution in [0.4, 0.5) is 5.82 Å². The molecule has 13 heavy (non-hydrogen) atoms. The highest BCUT2D eigenvalue weighted by molar-refractivity contribution is 6.00. The second kappa shape index (κ2) is 3.80. The van der Waals surface area contributed by atoms with Gasteiger partial charge < -0.3 is 5.32 Å². The van der Waals surface area contributed by atoms with Gasteiger partial charge in [-0.3, -0.25) is 9.59 Å². The largest absolute Gasteiger partial charge is 0.311 e. The van der Waals surface area contributed by atoms with Crippen LogP contribution in [0.3, 0.4) is 0 Å². The summed E-state index contributed by atoms with van der Waals surface area (Å²) in [7, 11) is 0. The van der Waals surface area contributed by atoms with Gasteiger partial charge in [0.05, 0.1) is 0 Å². The molecule has 1 N–H and O–H groups in total. The summed E-state index contributed by atoms with van der Waals surface area (Å²) in [6.07, 6.45) is 1.45. The van der Waals surface area contributed by atoms with Crippen molar-refractivity contribution in [3.05, 3.63) is 30.8 Å². The van der Waals surface area contributed by atoms with Gasteiger partial charge in [-0.25, -0.2) is 4.98 Å². The third-order valence-electron chi connectivity index (χ3n) is 1.39. The molecule has 0 atom stereocenters. The van der Waals surface area contributed by atoms with Crippen LogP contribution in [-0.2, 0) is 4.79 Å². The first-order chi connectivity index (χ1) is 6.09. The van der Waals surface area contributed by atoms with Crippen molar-refractivity contribution in [3.63, 3.8) is 0 Å². The van der Waals surface area contributed by atoms with E-state index in [4.69, 9.17) is 0 Å². The second-order valence-electron chi connectivity index (χ2n) is 2.53. The Morgan fingerprint density at radius 3 is 2.77 bits per heavy atom. The molecule has 4 heteroatoms. The van der Waals surface area contributed by atoms with Gasteiger partial charge in [0.1, 0.15) is 5.82 Å². The highest BCUT2D eigenvalue weighted by atomic mass is 16.1. The van der Waals surface area contributed by atoms with Gasteiger partial charge in [-0.15, -0.1) is 0 Å². The van der Waals surface area contributed by atoms with Crippen LogP contribution in [0.1, 0.15) is 17.3 Å². The summed E-state index contributed by atoms with van der Waals surface area (Å²) in [6, 6.07) is 3.03. The second-order valence-corrected chi connectivity index (χ2v) is 2.53. The monoisotopic (exact) mass is 177 g/mol. The maximum Gasteiger partial charge on any atom is 0.222 e. The highest BCUT2D eigenvalue weighted by Crippen LogP contribution is 2.06. The molecule has 0 aliphatic carbocycles. The zero-order chi connectivity index (χ0) is 9.84. The summed E-state index contributed by atoms with van der Waals surface area (Å²) in [5, 5.41) is 2.47. The van der Waals surface area contributed by atoms with Crippen LogP contribution in [0, 0.1) is 6.92 Å². The van der Waals surface area contributed by atoms with E-state index in [0.29, 0.717) is 11.4 Å². The van der Waals surface area contributed by atoms with Crippen LogP contribution in [-0.4, -0.2) is 16.7 Å². The van der Waals surface area contributed by atoms with Gasteiger partial charge in [0.2, 0.25) is 5.91 Å². The predicted molar refractivity (Wildman–Crippen MR) is 48.2 cm³/mol. The molecule has 1 heterocycles. The van der Waals surface area contributed by atoms with Crippen molar-refractivity contribution < 1.29 is 9.59 Å². The molecule has 1 aromatic heterocycles. The minimum Gasteiger partial charge on any atom is -0.311 e. The predicted octanol–water partition coefficient (Wildman–Crippen LogP) is 1.06. The van der Waals surface area contributed by atoms with E-state index in [0.717, 1.165) is 0 Å². The lowest BCUT2D eigenvalue weighted by Crippen LogP contribution is -2.08.